The first kappa shape index (κ1) is 19.1. The molecule has 5 heteroatoms. The number of nitrogens with one attached hydrogen (secondary N) is 2. The third-order valence-corrected chi connectivity index (χ3v) is 5.57. The second kappa shape index (κ2) is 8.86. The predicted octanol–water partition coefficient (Wildman–Crippen LogP) is 5.05. The zero-order chi connectivity index (χ0) is 20.1. The number of pyridine rings is 1. The molecule has 0 radical (unpaired) electrons. The van der Waals surface area contributed by atoms with E-state index in [0.717, 1.165) is 48.0 Å². The molecule has 1 aliphatic carbocycles. The molecule has 2 N–H and O–H groups in total. The van der Waals surface area contributed by atoms with Crippen molar-refractivity contribution in [3.8, 4) is 0 Å². The van der Waals surface area contributed by atoms with E-state index < -0.39 is 0 Å². The summed E-state index contributed by atoms with van der Waals surface area (Å²) in [5, 5.41) is 7.06. The molecule has 1 aromatic heterocycles. The number of rotatable bonds is 6. The zero-order valence-electron chi connectivity index (χ0n) is 16.4. The van der Waals surface area contributed by atoms with Crippen molar-refractivity contribution < 1.29 is 9.59 Å². The fourth-order valence-electron chi connectivity index (χ4n) is 3.90. The van der Waals surface area contributed by atoms with Gasteiger partial charge in [0.05, 0.1) is 17.7 Å². The van der Waals surface area contributed by atoms with Crippen LogP contribution in [0.3, 0.4) is 0 Å². The van der Waals surface area contributed by atoms with Crippen LogP contribution in [0.15, 0.2) is 60.8 Å². The standard InChI is InChI=1S/C24H25N3O2/c28-23(17-6-2-1-3-7-17)16-26-19-12-10-18(11-13-19)24(29)27-22-14-15-25-21-9-5-4-8-20(21)22/h4-5,8-15,17,26H,1-3,6-7,16H2,(H,25,27,29). The molecule has 0 atom stereocenters. The first-order valence-corrected chi connectivity index (χ1v) is 10.2. The summed E-state index contributed by atoms with van der Waals surface area (Å²) in [6.07, 6.45) is 7.29. The normalized spacial score (nSPS) is 14.5. The van der Waals surface area contributed by atoms with Crippen LogP contribution in [0.2, 0.25) is 0 Å². The van der Waals surface area contributed by atoms with Crippen molar-refractivity contribution in [2.24, 2.45) is 5.92 Å². The highest BCUT2D eigenvalue weighted by Crippen LogP contribution is 2.25. The lowest BCUT2D eigenvalue weighted by Crippen LogP contribution is -2.24. The van der Waals surface area contributed by atoms with Crippen LogP contribution >= 0.6 is 0 Å². The molecule has 2 aromatic carbocycles. The number of Topliss-reactive ketones (excluding diaryl/α,β-unsaturated/α-hetero) is 1. The molecule has 1 heterocycles. The van der Waals surface area contributed by atoms with E-state index >= 15 is 0 Å². The minimum atomic E-state index is -0.175. The van der Waals surface area contributed by atoms with Gasteiger partial charge in [0.25, 0.3) is 5.91 Å². The number of hydrogen-bond donors (Lipinski definition) is 2. The van der Waals surface area contributed by atoms with Gasteiger partial charge in [-0.15, -0.1) is 0 Å². The smallest absolute Gasteiger partial charge is 0.255 e. The predicted molar refractivity (Wildman–Crippen MR) is 116 cm³/mol. The fraction of sp³-hybridized carbons (Fsp3) is 0.292. The highest BCUT2D eigenvalue weighted by Gasteiger charge is 2.20. The lowest BCUT2D eigenvalue weighted by molar-refractivity contribution is -0.122. The first-order chi connectivity index (χ1) is 14.2. The third-order valence-electron chi connectivity index (χ3n) is 5.57. The van der Waals surface area contributed by atoms with E-state index in [4.69, 9.17) is 0 Å². The van der Waals surface area contributed by atoms with Crippen molar-refractivity contribution in [2.75, 3.05) is 17.2 Å². The lowest BCUT2D eigenvalue weighted by atomic mass is 9.86. The van der Waals surface area contributed by atoms with Crippen LogP contribution in [0, 0.1) is 5.92 Å². The Morgan fingerprint density at radius 2 is 1.69 bits per heavy atom. The van der Waals surface area contributed by atoms with Gasteiger partial charge in [0.1, 0.15) is 0 Å². The highest BCUT2D eigenvalue weighted by atomic mass is 16.1. The van der Waals surface area contributed by atoms with E-state index in [-0.39, 0.29) is 17.6 Å². The van der Waals surface area contributed by atoms with Gasteiger partial charge in [-0.1, -0.05) is 37.5 Å². The van der Waals surface area contributed by atoms with Crippen LogP contribution in [-0.4, -0.2) is 23.2 Å². The van der Waals surface area contributed by atoms with Gasteiger partial charge >= 0.3 is 0 Å². The van der Waals surface area contributed by atoms with Gasteiger partial charge < -0.3 is 10.6 Å². The van der Waals surface area contributed by atoms with Gasteiger partial charge in [-0.05, 0) is 49.2 Å². The van der Waals surface area contributed by atoms with Crippen molar-refractivity contribution in [1.29, 1.82) is 0 Å². The van der Waals surface area contributed by atoms with Gasteiger partial charge in [-0.2, -0.15) is 0 Å². The number of carbonyl (C=O) groups is 2. The molecule has 0 saturated heterocycles. The number of anilines is 2. The summed E-state index contributed by atoms with van der Waals surface area (Å²) in [7, 11) is 0. The Morgan fingerprint density at radius 3 is 2.48 bits per heavy atom. The lowest BCUT2D eigenvalue weighted by Gasteiger charge is -2.20. The van der Waals surface area contributed by atoms with Gasteiger partial charge in [-0.3, -0.25) is 14.6 Å². The van der Waals surface area contributed by atoms with Gasteiger partial charge in [0.15, 0.2) is 5.78 Å². The van der Waals surface area contributed by atoms with E-state index in [0.29, 0.717) is 12.1 Å². The third kappa shape index (κ3) is 4.62. The second-order valence-electron chi connectivity index (χ2n) is 7.56. The molecular formula is C24H25N3O2. The summed E-state index contributed by atoms with van der Waals surface area (Å²) in [6.45, 7) is 0.346. The van der Waals surface area contributed by atoms with Crippen molar-refractivity contribution in [3.05, 3.63) is 66.4 Å². The maximum atomic E-state index is 12.6. The topological polar surface area (TPSA) is 71.1 Å². The Balaban J connectivity index is 1.37. The second-order valence-corrected chi connectivity index (χ2v) is 7.56. The molecular weight excluding hydrogens is 362 g/mol. The molecule has 3 aromatic rings. The van der Waals surface area contributed by atoms with E-state index in [1.807, 2.05) is 36.4 Å². The largest absolute Gasteiger partial charge is 0.378 e. The minimum Gasteiger partial charge on any atom is -0.378 e. The molecule has 1 saturated carbocycles. The number of carbonyl (C=O) groups excluding carboxylic acids is 2. The van der Waals surface area contributed by atoms with Crippen LogP contribution in [-0.2, 0) is 4.79 Å². The molecule has 0 spiro atoms. The molecule has 29 heavy (non-hydrogen) atoms. The monoisotopic (exact) mass is 387 g/mol. The summed E-state index contributed by atoms with van der Waals surface area (Å²) in [5.41, 5.74) is 2.99. The van der Waals surface area contributed by atoms with Crippen molar-refractivity contribution >= 4 is 34.0 Å². The fourth-order valence-corrected chi connectivity index (χ4v) is 3.90. The SMILES string of the molecule is O=C(Nc1ccnc2ccccc12)c1ccc(NCC(=O)C2CCCCC2)cc1. The molecule has 1 aliphatic rings. The molecule has 148 valence electrons. The van der Waals surface area contributed by atoms with Gasteiger partial charge in [-0.25, -0.2) is 0 Å². The number of ketones is 1. The Morgan fingerprint density at radius 1 is 0.931 bits per heavy atom. The van der Waals surface area contributed by atoms with E-state index in [1.165, 1.54) is 6.42 Å². The van der Waals surface area contributed by atoms with Crippen molar-refractivity contribution in [2.45, 2.75) is 32.1 Å². The Bertz CT molecular complexity index is 1000. The molecule has 0 bridgehead atoms. The van der Waals surface area contributed by atoms with Crippen LogP contribution < -0.4 is 10.6 Å². The van der Waals surface area contributed by atoms with E-state index in [9.17, 15) is 9.59 Å². The summed E-state index contributed by atoms with van der Waals surface area (Å²) < 4.78 is 0. The Kier molecular flexibility index (Phi) is 5.84. The minimum absolute atomic E-state index is 0.175. The van der Waals surface area contributed by atoms with Crippen molar-refractivity contribution in [3.63, 3.8) is 0 Å². The number of hydrogen-bond acceptors (Lipinski definition) is 4. The zero-order valence-corrected chi connectivity index (χ0v) is 16.4. The van der Waals surface area contributed by atoms with Gasteiger partial charge in [0, 0.05) is 28.8 Å². The quantitative estimate of drug-likeness (QED) is 0.621. The molecule has 5 nitrogen and oxygen atoms in total. The van der Waals surface area contributed by atoms with E-state index in [2.05, 4.69) is 15.6 Å². The summed E-state index contributed by atoms with van der Waals surface area (Å²) in [5.74, 6) is 0.318. The average molecular weight is 387 g/mol. The maximum Gasteiger partial charge on any atom is 0.255 e. The summed E-state index contributed by atoms with van der Waals surface area (Å²) in [4.78, 5) is 29.3. The molecule has 0 aliphatic heterocycles. The summed E-state index contributed by atoms with van der Waals surface area (Å²) in [6, 6.07) is 16.7. The molecule has 4 rings (SSSR count). The summed E-state index contributed by atoms with van der Waals surface area (Å²) >= 11 is 0. The number of para-hydroxylation sites is 1. The van der Waals surface area contributed by atoms with Crippen LogP contribution in [0.4, 0.5) is 11.4 Å². The highest BCUT2D eigenvalue weighted by molar-refractivity contribution is 6.08. The van der Waals surface area contributed by atoms with Crippen LogP contribution in [0.5, 0.6) is 0 Å². The Hall–Kier alpha value is -3.21. The number of nitrogens with zero attached hydrogens (tertiary/aromatic N) is 1. The van der Waals surface area contributed by atoms with Gasteiger partial charge in [0.2, 0.25) is 0 Å². The first-order valence-electron chi connectivity index (χ1n) is 10.2. The molecule has 0 unspecified atom stereocenters. The van der Waals surface area contributed by atoms with Crippen LogP contribution in [0.25, 0.3) is 10.9 Å². The average Bonchev–Trinajstić information content (AvgIpc) is 2.78. The van der Waals surface area contributed by atoms with E-state index in [1.54, 1.807) is 24.4 Å². The number of benzene rings is 2. The number of amides is 1. The molecule has 1 fully saturated rings. The van der Waals surface area contributed by atoms with Crippen molar-refractivity contribution in [1.82, 2.24) is 4.98 Å². The maximum absolute atomic E-state index is 12.6. The van der Waals surface area contributed by atoms with Crippen LogP contribution in [0.1, 0.15) is 42.5 Å². The Labute approximate surface area is 170 Å². The number of aromatic nitrogens is 1. The molecule has 1 amide bonds. The number of fused-ring (bicyclic) bond motifs is 1.